The predicted octanol–water partition coefficient (Wildman–Crippen LogP) is 4.14. The van der Waals surface area contributed by atoms with Gasteiger partial charge in [-0.15, -0.1) is 0 Å². The van der Waals surface area contributed by atoms with Crippen molar-refractivity contribution in [3.8, 4) is 11.5 Å². The average Bonchev–Trinajstić information content (AvgIpc) is 3.21. The van der Waals surface area contributed by atoms with Gasteiger partial charge >= 0.3 is 0 Å². The maximum atomic E-state index is 13.0. The van der Waals surface area contributed by atoms with Crippen LogP contribution >= 0.6 is 0 Å². The molecule has 1 aliphatic rings. The van der Waals surface area contributed by atoms with Crippen molar-refractivity contribution < 1.29 is 14.3 Å². The molecule has 0 bridgehead atoms. The Labute approximate surface area is 170 Å². The van der Waals surface area contributed by atoms with Gasteiger partial charge < -0.3 is 19.4 Å². The van der Waals surface area contributed by atoms with Crippen molar-refractivity contribution in [1.29, 1.82) is 0 Å². The molecule has 1 aromatic carbocycles. The Morgan fingerprint density at radius 1 is 1.21 bits per heavy atom. The summed E-state index contributed by atoms with van der Waals surface area (Å²) in [4.78, 5) is 22.8. The molecule has 1 saturated heterocycles. The number of ether oxygens (including phenoxy) is 2. The van der Waals surface area contributed by atoms with Crippen LogP contribution < -0.4 is 9.47 Å². The molecule has 3 heterocycles. The van der Waals surface area contributed by atoms with E-state index in [4.69, 9.17) is 9.47 Å². The summed E-state index contributed by atoms with van der Waals surface area (Å²) in [6.45, 7) is 3.46. The van der Waals surface area contributed by atoms with Crippen LogP contribution in [0.4, 0.5) is 0 Å². The molecule has 6 nitrogen and oxygen atoms in total. The lowest BCUT2D eigenvalue weighted by Crippen LogP contribution is -2.45. The Balaban J connectivity index is 1.38. The topological polar surface area (TPSA) is 67.5 Å². The number of nitrogens with zero attached hydrogens (tertiary/aromatic N) is 2. The fraction of sp³-hybridized carbons (Fsp3) is 0.391. The van der Waals surface area contributed by atoms with Crippen LogP contribution in [0.3, 0.4) is 0 Å². The standard InChI is InChI=1S/C23H27N3O3/c1-3-22(29-18-7-4-6-17(14-18)28-2)23(27)26-12-9-16(10-13-26)20-15-21-19(25-20)8-5-11-24-21/h4-8,11,14-16,22,25H,3,9-10,12-13H2,1-2H3/t22-/m1/s1. The van der Waals surface area contributed by atoms with E-state index in [9.17, 15) is 4.79 Å². The van der Waals surface area contributed by atoms with E-state index in [0.29, 0.717) is 18.1 Å². The van der Waals surface area contributed by atoms with E-state index < -0.39 is 6.10 Å². The Morgan fingerprint density at radius 3 is 2.72 bits per heavy atom. The molecular formula is C23H27N3O3. The number of pyridine rings is 1. The third-order valence-corrected chi connectivity index (χ3v) is 5.62. The molecule has 0 saturated carbocycles. The van der Waals surface area contributed by atoms with Gasteiger partial charge in [-0.25, -0.2) is 0 Å². The summed E-state index contributed by atoms with van der Waals surface area (Å²) in [6, 6.07) is 13.5. The van der Waals surface area contributed by atoms with Gasteiger partial charge in [0, 0.05) is 37.0 Å². The van der Waals surface area contributed by atoms with Crippen molar-refractivity contribution in [2.24, 2.45) is 0 Å². The third-order valence-electron chi connectivity index (χ3n) is 5.62. The van der Waals surface area contributed by atoms with Crippen molar-refractivity contribution in [2.45, 2.75) is 38.2 Å². The second-order valence-electron chi connectivity index (χ2n) is 7.45. The van der Waals surface area contributed by atoms with Gasteiger partial charge in [0.15, 0.2) is 6.10 Å². The zero-order valence-electron chi connectivity index (χ0n) is 16.9. The predicted molar refractivity (Wildman–Crippen MR) is 112 cm³/mol. The molecule has 152 valence electrons. The molecule has 0 aliphatic carbocycles. The SMILES string of the molecule is CC[C@@H](Oc1cccc(OC)c1)C(=O)N1CCC(c2cc3ncccc3[nH]2)CC1. The molecule has 29 heavy (non-hydrogen) atoms. The number of H-pyrrole nitrogens is 1. The Bertz CT molecular complexity index is 943. The zero-order valence-corrected chi connectivity index (χ0v) is 16.9. The Hall–Kier alpha value is -3.02. The molecule has 2 aromatic heterocycles. The van der Waals surface area contributed by atoms with Crippen LogP contribution in [0.2, 0.25) is 0 Å². The first-order chi connectivity index (χ1) is 14.2. The largest absolute Gasteiger partial charge is 0.497 e. The van der Waals surface area contributed by atoms with Crippen molar-refractivity contribution in [2.75, 3.05) is 20.2 Å². The van der Waals surface area contributed by atoms with E-state index >= 15 is 0 Å². The summed E-state index contributed by atoms with van der Waals surface area (Å²) in [7, 11) is 1.62. The van der Waals surface area contributed by atoms with E-state index in [-0.39, 0.29) is 5.91 Å². The maximum Gasteiger partial charge on any atom is 0.263 e. The Morgan fingerprint density at radius 2 is 2.00 bits per heavy atom. The van der Waals surface area contributed by atoms with Gasteiger partial charge in [-0.1, -0.05) is 13.0 Å². The van der Waals surface area contributed by atoms with Crippen LogP contribution in [0, 0.1) is 0 Å². The second-order valence-corrected chi connectivity index (χ2v) is 7.45. The van der Waals surface area contributed by atoms with Crippen LogP contribution in [-0.4, -0.2) is 47.1 Å². The van der Waals surface area contributed by atoms with Gasteiger partial charge in [-0.05, 0) is 49.6 Å². The number of carbonyl (C=O) groups excluding carboxylic acids is 1. The van der Waals surface area contributed by atoms with Crippen LogP contribution in [0.25, 0.3) is 11.0 Å². The normalized spacial score (nSPS) is 16.0. The minimum atomic E-state index is -0.476. The number of nitrogens with one attached hydrogen (secondary N) is 1. The quantitative estimate of drug-likeness (QED) is 0.684. The number of hydrogen-bond donors (Lipinski definition) is 1. The molecule has 1 fully saturated rings. The van der Waals surface area contributed by atoms with Gasteiger partial charge in [0.25, 0.3) is 5.91 Å². The minimum absolute atomic E-state index is 0.0621. The van der Waals surface area contributed by atoms with Crippen LogP contribution in [0.5, 0.6) is 11.5 Å². The number of amides is 1. The summed E-state index contributed by atoms with van der Waals surface area (Å²) < 4.78 is 11.2. The van der Waals surface area contributed by atoms with Crippen LogP contribution in [-0.2, 0) is 4.79 Å². The van der Waals surface area contributed by atoms with Gasteiger partial charge in [0.05, 0.1) is 18.1 Å². The molecule has 1 aliphatic heterocycles. The first kappa shape index (κ1) is 19.3. The number of fused-ring (bicyclic) bond motifs is 1. The Kier molecular flexibility index (Phi) is 5.69. The number of benzene rings is 1. The molecule has 3 aromatic rings. The summed E-state index contributed by atoms with van der Waals surface area (Å²) in [6.07, 6.45) is 3.84. The highest BCUT2D eigenvalue weighted by Crippen LogP contribution is 2.30. The van der Waals surface area contributed by atoms with E-state index in [1.807, 2.05) is 54.4 Å². The number of piperidine rings is 1. The molecule has 0 spiro atoms. The minimum Gasteiger partial charge on any atom is -0.497 e. The zero-order chi connectivity index (χ0) is 20.2. The monoisotopic (exact) mass is 393 g/mol. The van der Waals surface area contributed by atoms with Crippen LogP contribution in [0.1, 0.15) is 37.8 Å². The molecule has 1 atom stereocenters. The highest BCUT2D eigenvalue weighted by molar-refractivity contribution is 5.81. The van der Waals surface area contributed by atoms with Crippen LogP contribution in [0.15, 0.2) is 48.7 Å². The van der Waals surface area contributed by atoms with E-state index in [2.05, 4.69) is 16.0 Å². The number of carbonyl (C=O) groups is 1. The van der Waals surface area contributed by atoms with E-state index in [0.717, 1.165) is 42.7 Å². The van der Waals surface area contributed by atoms with Gasteiger partial charge in [-0.2, -0.15) is 0 Å². The van der Waals surface area contributed by atoms with Crippen molar-refractivity contribution in [1.82, 2.24) is 14.9 Å². The molecular weight excluding hydrogens is 366 g/mol. The van der Waals surface area contributed by atoms with Crippen molar-refractivity contribution >= 4 is 16.9 Å². The number of methoxy groups -OCH3 is 1. The molecule has 0 radical (unpaired) electrons. The lowest BCUT2D eigenvalue weighted by Gasteiger charge is -2.33. The lowest BCUT2D eigenvalue weighted by molar-refractivity contribution is -0.140. The fourth-order valence-corrected chi connectivity index (χ4v) is 3.96. The molecule has 1 N–H and O–H groups in total. The summed E-state index contributed by atoms with van der Waals surface area (Å²) >= 11 is 0. The highest BCUT2D eigenvalue weighted by Gasteiger charge is 2.29. The third kappa shape index (κ3) is 4.21. The molecule has 6 heteroatoms. The van der Waals surface area contributed by atoms with E-state index in [1.54, 1.807) is 7.11 Å². The molecule has 4 rings (SSSR count). The number of aromatic amines is 1. The number of rotatable bonds is 6. The smallest absolute Gasteiger partial charge is 0.263 e. The first-order valence-corrected chi connectivity index (χ1v) is 10.2. The van der Waals surface area contributed by atoms with Gasteiger partial charge in [0.1, 0.15) is 11.5 Å². The lowest BCUT2D eigenvalue weighted by atomic mass is 9.93. The summed E-state index contributed by atoms with van der Waals surface area (Å²) in [5.41, 5.74) is 3.28. The highest BCUT2D eigenvalue weighted by atomic mass is 16.5. The molecule has 0 unspecified atom stereocenters. The number of aromatic nitrogens is 2. The second kappa shape index (κ2) is 8.55. The molecule has 1 amide bonds. The summed E-state index contributed by atoms with van der Waals surface area (Å²) in [5, 5.41) is 0. The van der Waals surface area contributed by atoms with Gasteiger partial charge in [-0.3, -0.25) is 9.78 Å². The summed E-state index contributed by atoms with van der Waals surface area (Å²) in [5.74, 6) is 1.86. The van der Waals surface area contributed by atoms with Crippen molar-refractivity contribution in [3.63, 3.8) is 0 Å². The number of hydrogen-bond acceptors (Lipinski definition) is 4. The average molecular weight is 393 g/mol. The van der Waals surface area contributed by atoms with Gasteiger partial charge in [0.2, 0.25) is 0 Å². The maximum absolute atomic E-state index is 13.0. The fourth-order valence-electron chi connectivity index (χ4n) is 3.96. The van der Waals surface area contributed by atoms with Crippen molar-refractivity contribution in [3.05, 3.63) is 54.4 Å². The van der Waals surface area contributed by atoms with E-state index in [1.165, 1.54) is 5.69 Å². The number of likely N-dealkylation sites (tertiary alicyclic amines) is 1. The first-order valence-electron chi connectivity index (χ1n) is 10.2.